The smallest absolute Gasteiger partial charge is 0.179 e. The van der Waals surface area contributed by atoms with E-state index in [2.05, 4.69) is 4.98 Å². The van der Waals surface area contributed by atoms with Crippen molar-refractivity contribution in [2.24, 2.45) is 5.73 Å². The Balaban J connectivity index is 0.00000169. The van der Waals surface area contributed by atoms with E-state index in [1.807, 2.05) is 0 Å². The van der Waals surface area contributed by atoms with Crippen molar-refractivity contribution in [2.45, 2.75) is 18.4 Å². The first-order valence-corrected chi connectivity index (χ1v) is 5.63. The highest BCUT2D eigenvalue weighted by molar-refractivity contribution is 7.91. The molecule has 1 aromatic rings. The number of nitrogens with two attached hydrogens (primary N) is 1. The van der Waals surface area contributed by atoms with Gasteiger partial charge in [0, 0.05) is 12.7 Å². The van der Waals surface area contributed by atoms with Crippen molar-refractivity contribution in [3.05, 3.63) is 24.0 Å². The summed E-state index contributed by atoms with van der Waals surface area (Å²) in [4.78, 5) is 4.16. The molecule has 4 nitrogen and oxygen atoms in total. The minimum Gasteiger partial charge on any atom is -0.325 e. The van der Waals surface area contributed by atoms with Crippen LogP contribution >= 0.6 is 12.4 Å². The average molecular weight is 237 g/mol. The molecule has 6 heteroatoms. The normalized spacial score (nSPS) is 10.7. The Morgan fingerprint density at radius 3 is 2.64 bits per heavy atom. The van der Waals surface area contributed by atoms with E-state index in [0.29, 0.717) is 5.69 Å². The Bertz CT molecular complexity index is 392. The Hall–Kier alpha value is -0.650. The molecule has 0 saturated carbocycles. The number of rotatable bonds is 3. The van der Waals surface area contributed by atoms with Crippen LogP contribution in [0.1, 0.15) is 12.6 Å². The van der Waals surface area contributed by atoms with Crippen LogP contribution in [0.15, 0.2) is 23.2 Å². The topological polar surface area (TPSA) is 73.0 Å². The Morgan fingerprint density at radius 1 is 1.50 bits per heavy atom. The maximum Gasteiger partial charge on any atom is 0.179 e. The molecule has 0 amide bonds. The van der Waals surface area contributed by atoms with Gasteiger partial charge in [-0.2, -0.15) is 0 Å². The minimum absolute atomic E-state index is 0. The fourth-order valence-corrected chi connectivity index (χ4v) is 2.11. The third-order valence-electron chi connectivity index (χ3n) is 1.76. The molecule has 0 saturated heterocycles. The van der Waals surface area contributed by atoms with Crippen molar-refractivity contribution in [3.63, 3.8) is 0 Å². The van der Waals surface area contributed by atoms with Crippen molar-refractivity contribution in [1.82, 2.24) is 4.98 Å². The van der Waals surface area contributed by atoms with Crippen LogP contribution < -0.4 is 5.73 Å². The van der Waals surface area contributed by atoms with Crippen molar-refractivity contribution in [1.29, 1.82) is 0 Å². The van der Waals surface area contributed by atoms with Gasteiger partial charge in [0.05, 0.1) is 16.3 Å². The van der Waals surface area contributed by atoms with Crippen LogP contribution in [0.2, 0.25) is 0 Å². The fraction of sp³-hybridized carbons (Fsp3) is 0.375. The van der Waals surface area contributed by atoms with Crippen molar-refractivity contribution in [2.75, 3.05) is 5.75 Å². The molecule has 2 N–H and O–H groups in total. The number of sulfone groups is 1. The zero-order chi connectivity index (χ0) is 9.90. The largest absolute Gasteiger partial charge is 0.325 e. The fourth-order valence-electron chi connectivity index (χ4n) is 1.02. The standard InChI is InChI=1S/C8H12N2O2S.ClH/c1-2-13(11,12)8-4-3-5-10-7(8)6-9;/h3-5H,2,6,9H2,1H3;1H. The van der Waals surface area contributed by atoms with Gasteiger partial charge in [-0.15, -0.1) is 12.4 Å². The summed E-state index contributed by atoms with van der Waals surface area (Å²) < 4.78 is 23.0. The van der Waals surface area contributed by atoms with Gasteiger partial charge in [-0.25, -0.2) is 8.42 Å². The molecule has 0 aliphatic rings. The second-order valence-electron chi connectivity index (χ2n) is 2.56. The number of halogens is 1. The molecule has 14 heavy (non-hydrogen) atoms. The number of nitrogens with zero attached hydrogens (tertiary/aromatic N) is 1. The highest BCUT2D eigenvalue weighted by Crippen LogP contribution is 2.13. The van der Waals surface area contributed by atoms with E-state index >= 15 is 0 Å². The van der Waals surface area contributed by atoms with E-state index in [0.717, 1.165) is 0 Å². The molecule has 0 fully saturated rings. The van der Waals surface area contributed by atoms with E-state index in [4.69, 9.17) is 5.73 Å². The summed E-state index contributed by atoms with van der Waals surface area (Å²) in [5.41, 5.74) is 5.81. The monoisotopic (exact) mass is 236 g/mol. The van der Waals surface area contributed by atoms with Gasteiger partial charge in [0.1, 0.15) is 0 Å². The first-order valence-electron chi connectivity index (χ1n) is 3.98. The van der Waals surface area contributed by atoms with Crippen molar-refractivity contribution in [3.8, 4) is 0 Å². The SMILES string of the molecule is CCS(=O)(=O)c1cccnc1CN.Cl. The lowest BCUT2D eigenvalue weighted by Gasteiger charge is -2.04. The molecular formula is C8H13ClN2O2S. The van der Waals surface area contributed by atoms with Gasteiger partial charge in [0.2, 0.25) is 0 Å². The predicted molar refractivity (Wildman–Crippen MR) is 57.1 cm³/mol. The Kier molecular flexibility index (Phi) is 5.04. The van der Waals surface area contributed by atoms with Crippen LogP contribution in [0.25, 0.3) is 0 Å². The molecule has 0 radical (unpaired) electrons. The Labute approximate surface area is 89.9 Å². The predicted octanol–water partition coefficient (Wildman–Crippen LogP) is 0.756. The first kappa shape index (κ1) is 13.4. The summed E-state index contributed by atoms with van der Waals surface area (Å²) in [6, 6.07) is 3.13. The molecule has 0 atom stereocenters. The quantitative estimate of drug-likeness (QED) is 0.841. The third-order valence-corrected chi connectivity index (χ3v) is 3.56. The van der Waals surface area contributed by atoms with E-state index in [9.17, 15) is 8.42 Å². The molecule has 0 unspecified atom stereocenters. The second kappa shape index (κ2) is 5.29. The molecule has 80 valence electrons. The lowest BCUT2D eigenvalue weighted by molar-refractivity contribution is 0.595. The molecule has 0 spiro atoms. The summed E-state index contributed by atoms with van der Waals surface area (Å²) in [5.74, 6) is 0.0751. The second-order valence-corrected chi connectivity index (χ2v) is 4.80. The van der Waals surface area contributed by atoms with Crippen LogP contribution in [0, 0.1) is 0 Å². The number of hydrogen-bond acceptors (Lipinski definition) is 4. The van der Waals surface area contributed by atoms with E-state index < -0.39 is 9.84 Å². The van der Waals surface area contributed by atoms with E-state index in [-0.39, 0.29) is 29.6 Å². The van der Waals surface area contributed by atoms with Crippen molar-refractivity contribution < 1.29 is 8.42 Å². The van der Waals surface area contributed by atoms with Gasteiger partial charge in [-0.3, -0.25) is 4.98 Å². The summed E-state index contributed by atoms with van der Waals surface area (Å²) in [6.45, 7) is 1.75. The van der Waals surface area contributed by atoms with E-state index in [1.165, 1.54) is 12.3 Å². The lowest BCUT2D eigenvalue weighted by Crippen LogP contribution is -2.11. The third kappa shape index (κ3) is 2.67. The first-order chi connectivity index (χ1) is 6.11. The average Bonchev–Trinajstić information content (AvgIpc) is 2.18. The van der Waals surface area contributed by atoms with Crippen molar-refractivity contribution >= 4 is 22.2 Å². The summed E-state index contributed by atoms with van der Waals surface area (Å²) in [7, 11) is -3.18. The Morgan fingerprint density at radius 2 is 2.14 bits per heavy atom. The molecular weight excluding hydrogens is 224 g/mol. The number of pyridine rings is 1. The van der Waals surface area contributed by atoms with Crippen LogP contribution in [-0.2, 0) is 16.4 Å². The summed E-state index contributed by atoms with van der Waals surface area (Å²) in [5, 5.41) is 0. The summed E-state index contributed by atoms with van der Waals surface area (Å²) >= 11 is 0. The maximum atomic E-state index is 11.5. The molecule has 1 aromatic heterocycles. The van der Waals surface area contributed by atoms with E-state index in [1.54, 1.807) is 13.0 Å². The molecule has 0 aromatic carbocycles. The molecule has 1 rings (SSSR count). The zero-order valence-corrected chi connectivity index (χ0v) is 9.44. The highest BCUT2D eigenvalue weighted by atomic mass is 35.5. The summed E-state index contributed by atoms with van der Waals surface area (Å²) in [6.07, 6.45) is 1.54. The maximum absolute atomic E-state index is 11.5. The van der Waals surface area contributed by atoms with Gasteiger partial charge in [0.25, 0.3) is 0 Å². The van der Waals surface area contributed by atoms with Gasteiger partial charge in [-0.05, 0) is 12.1 Å². The minimum atomic E-state index is -3.18. The lowest BCUT2D eigenvalue weighted by atomic mass is 10.3. The highest BCUT2D eigenvalue weighted by Gasteiger charge is 2.15. The van der Waals surface area contributed by atoms with Gasteiger partial charge < -0.3 is 5.73 Å². The molecule has 1 heterocycles. The molecule has 0 aliphatic carbocycles. The molecule has 0 bridgehead atoms. The van der Waals surface area contributed by atoms with Gasteiger partial charge >= 0.3 is 0 Å². The van der Waals surface area contributed by atoms with Crippen LogP contribution in [-0.4, -0.2) is 19.2 Å². The number of hydrogen-bond donors (Lipinski definition) is 1. The van der Waals surface area contributed by atoms with Crippen LogP contribution in [0.5, 0.6) is 0 Å². The molecule has 0 aliphatic heterocycles. The van der Waals surface area contributed by atoms with Crippen LogP contribution in [0.3, 0.4) is 0 Å². The number of aromatic nitrogens is 1. The van der Waals surface area contributed by atoms with Gasteiger partial charge in [0.15, 0.2) is 9.84 Å². The van der Waals surface area contributed by atoms with Crippen LogP contribution in [0.4, 0.5) is 0 Å². The zero-order valence-electron chi connectivity index (χ0n) is 7.80. The van der Waals surface area contributed by atoms with Gasteiger partial charge in [-0.1, -0.05) is 6.92 Å².